The molecule has 1 aromatic heterocycles. The lowest BCUT2D eigenvalue weighted by Crippen LogP contribution is -2.23. The van der Waals surface area contributed by atoms with Gasteiger partial charge in [0.15, 0.2) is 0 Å². The third kappa shape index (κ3) is 3.85. The van der Waals surface area contributed by atoms with Crippen molar-refractivity contribution < 1.29 is 0 Å². The molecule has 3 heteroatoms. The fourth-order valence-corrected chi connectivity index (χ4v) is 3.29. The lowest BCUT2D eigenvalue weighted by atomic mass is 10.0. The number of rotatable bonds is 5. The Balaban J connectivity index is 2.19. The summed E-state index contributed by atoms with van der Waals surface area (Å²) in [5.41, 5.74) is 2.84. The lowest BCUT2D eigenvalue weighted by molar-refractivity contribution is 0.387. The van der Waals surface area contributed by atoms with Gasteiger partial charge in [0.2, 0.25) is 0 Å². The fraction of sp³-hybridized carbons (Fsp3) is 0.824. The highest BCUT2D eigenvalue weighted by Crippen LogP contribution is 2.31. The third-order valence-corrected chi connectivity index (χ3v) is 4.33. The lowest BCUT2D eigenvalue weighted by Gasteiger charge is -2.21. The number of hydrogen-bond donors (Lipinski definition) is 1. The van der Waals surface area contributed by atoms with Gasteiger partial charge < -0.3 is 5.32 Å². The summed E-state index contributed by atoms with van der Waals surface area (Å²) in [5.74, 6) is 0.546. The standard InChI is InChI=1S/C17H31N3/c1-13(2)17-15(11-18-14(3)4)12-19-20(17)16-9-7-5-6-8-10-16/h12-14,16,18H,5-11H2,1-4H3. The molecule has 1 saturated carbocycles. The Bertz CT molecular complexity index is 398. The Labute approximate surface area is 124 Å². The van der Waals surface area contributed by atoms with Crippen LogP contribution in [-0.2, 0) is 6.54 Å². The Morgan fingerprint density at radius 3 is 2.35 bits per heavy atom. The largest absolute Gasteiger partial charge is 0.310 e. The van der Waals surface area contributed by atoms with Gasteiger partial charge in [0.1, 0.15) is 0 Å². The Hall–Kier alpha value is -0.830. The second-order valence-corrected chi connectivity index (χ2v) is 6.84. The molecule has 0 radical (unpaired) electrons. The van der Waals surface area contributed by atoms with E-state index in [1.807, 2.05) is 0 Å². The second-order valence-electron chi connectivity index (χ2n) is 6.84. The summed E-state index contributed by atoms with van der Waals surface area (Å²) in [6.07, 6.45) is 10.2. The first kappa shape index (κ1) is 15.6. The molecule has 0 amide bonds. The molecule has 2 rings (SSSR count). The maximum Gasteiger partial charge on any atom is 0.0537 e. The van der Waals surface area contributed by atoms with Crippen LogP contribution in [0.15, 0.2) is 6.20 Å². The van der Waals surface area contributed by atoms with Crippen molar-refractivity contribution in [1.29, 1.82) is 0 Å². The van der Waals surface area contributed by atoms with Crippen LogP contribution < -0.4 is 5.32 Å². The molecule has 1 aromatic rings. The zero-order chi connectivity index (χ0) is 14.5. The van der Waals surface area contributed by atoms with Crippen molar-refractivity contribution in [2.75, 3.05) is 0 Å². The number of hydrogen-bond acceptors (Lipinski definition) is 2. The van der Waals surface area contributed by atoms with E-state index in [0.717, 1.165) is 6.54 Å². The summed E-state index contributed by atoms with van der Waals surface area (Å²) in [7, 11) is 0. The van der Waals surface area contributed by atoms with Crippen LogP contribution in [0.1, 0.15) is 89.4 Å². The first-order valence-electron chi connectivity index (χ1n) is 8.39. The Morgan fingerprint density at radius 1 is 1.15 bits per heavy atom. The molecule has 1 heterocycles. The molecule has 1 fully saturated rings. The predicted octanol–water partition coefficient (Wildman–Crippen LogP) is 4.40. The molecule has 0 bridgehead atoms. The van der Waals surface area contributed by atoms with Gasteiger partial charge in [-0.2, -0.15) is 5.10 Å². The van der Waals surface area contributed by atoms with E-state index in [2.05, 4.69) is 43.9 Å². The van der Waals surface area contributed by atoms with E-state index in [4.69, 9.17) is 5.10 Å². The highest BCUT2D eigenvalue weighted by atomic mass is 15.3. The fourth-order valence-electron chi connectivity index (χ4n) is 3.29. The maximum absolute atomic E-state index is 4.76. The summed E-state index contributed by atoms with van der Waals surface area (Å²) in [4.78, 5) is 0. The van der Waals surface area contributed by atoms with E-state index in [0.29, 0.717) is 18.0 Å². The summed E-state index contributed by atoms with van der Waals surface area (Å²) in [5, 5.41) is 8.29. The van der Waals surface area contributed by atoms with Crippen LogP contribution in [0, 0.1) is 0 Å². The second kappa shape index (κ2) is 7.26. The zero-order valence-electron chi connectivity index (χ0n) is 13.7. The molecular formula is C17H31N3. The quantitative estimate of drug-likeness (QED) is 0.808. The molecule has 0 aromatic carbocycles. The van der Waals surface area contributed by atoms with Crippen molar-refractivity contribution in [2.24, 2.45) is 0 Å². The van der Waals surface area contributed by atoms with Crippen LogP contribution in [0.3, 0.4) is 0 Å². The van der Waals surface area contributed by atoms with Crippen LogP contribution in [0.2, 0.25) is 0 Å². The predicted molar refractivity (Wildman–Crippen MR) is 85.0 cm³/mol. The molecule has 0 unspecified atom stereocenters. The third-order valence-electron chi connectivity index (χ3n) is 4.33. The number of nitrogens with zero attached hydrogens (tertiary/aromatic N) is 2. The Kier molecular flexibility index (Phi) is 5.64. The maximum atomic E-state index is 4.76. The molecule has 20 heavy (non-hydrogen) atoms. The van der Waals surface area contributed by atoms with Crippen molar-refractivity contribution in [3.63, 3.8) is 0 Å². The van der Waals surface area contributed by atoms with Crippen LogP contribution in [-0.4, -0.2) is 15.8 Å². The van der Waals surface area contributed by atoms with Crippen LogP contribution in [0.5, 0.6) is 0 Å². The van der Waals surface area contributed by atoms with Crippen LogP contribution in [0.4, 0.5) is 0 Å². The Morgan fingerprint density at radius 2 is 1.80 bits per heavy atom. The van der Waals surface area contributed by atoms with Gasteiger partial charge in [-0.25, -0.2) is 0 Å². The summed E-state index contributed by atoms with van der Waals surface area (Å²) in [6, 6.07) is 1.15. The molecule has 3 nitrogen and oxygen atoms in total. The summed E-state index contributed by atoms with van der Waals surface area (Å²) in [6.45, 7) is 9.93. The molecule has 114 valence electrons. The molecule has 1 aliphatic rings. The minimum atomic E-state index is 0.524. The first-order chi connectivity index (χ1) is 9.59. The van der Waals surface area contributed by atoms with Gasteiger partial charge in [-0.3, -0.25) is 4.68 Å². The normalized spacial score (nSPS) is 17.9. The average Bonchev–Trinajstić information content (AvgIpc) is 2.63. The van der Waals surface area contributed by atoms with Gasteiger partial charge in [0.05, 0.1) is 12.2 Å². The first-order valence-corrected chi connectivity index (χ1v) is 8.39. The summed E-state index contributed by atoms with van der Waals surface area (Å²) >= 11 is 0. The monoisotopic (exact) mass is 277 g/mol. The van der Waals surface area contributed by atoms with E-state index >= 15 is 0 Å². The SMILES string of the molecule is CC(C)NCc1cnn(C2CCCCCC2)c1C(C)C. The molecule has 1 aliphatic carbocycles. The van der Waals surface area contributed by atoms with E-state index in [-0.39, 0.29) is 0 Å². The molecular weight excluding hydrogens is 246 g/mol. The minimum Gasteiger partial charge on any atom is -0.310 e. The van der Waals surface area contributed by atoms with E-state index in [1.54, 1.807) is 0 Å². The minimum absolute atomic E-state index is 0.524. The number of nitrogens with one attached hydrogen (secondary N) is 1. The molecule has 0 saturated heterocycles. The van der Waals surface area contributed by atoms with Gasteiger partial charge in [-0.1, -0.05) is 53.4 Å². The van der Waals surface area contributed by atoms with Gasteiger partial charge in [-0.05, 0) is 18.8 Å². The van der Waals surface area contributed by atoms with Gasteiger partial charge >= 0.3 is 0 Å². The van der Waals surface area contributed by atoms with Gasteiger partial charge in [-0.15, -0.1) is 0 Å². The van der Waals surface area contributed by atoms with E-state index in [1.165, 1.54) is 49.8 Å². The smallest absolute Gasteiger partial charge is 0.0537 e. The zero-order valence-corrected chi connectivity index (χ0v) is 13.7. The number of aromatic nitrogens is 2. The van der Waals surface area contributed by atoms with Crippen molar-refractivity contribution in [3.8, 4) is 0 Å². The van der Waals surface area contributed by atoms with E-state index in [9.17, 15) is 0 Å². The molecule has 1 N–H and O–H groups in total. The van der Waals surface area contributed by atoms with Crippen molar-refractivity contribution >= 4 is 0 Å². The van der Waals surface area contributed by atoms with Gasteiger partial charge in [0, 0.05) is 23.8 Å². The van der Waals surface area contributed by atoms with Crippen LogP contribution >= 0.6 is 0 Å². The summed E-state index contributed by atoms with van der Waals surface area (Å²) < 4.78 is 2.35. The van der Waals surface area contributed by atoms with E-state index < -0.39 is 0 Å². The highest BCUT2D eigenvalue weighted by molar-refractivity contribution is 5.21. The van der Waals surface area contributed by atoms with Gasteiger partial charge in [0.25, 0.3) is 0 Å². The van der Waals surface area contributed by atoms with Crippen molar-refractivity contribution in [1.82, 2.24) is 15.1 Å². The topological polar surface area (TPSA) is 29.9 Å². The van der Waals surface area contributed by atoms with Crippen molar-refractivity contribution in [2.45, 2.75) is 90.8 Å². The molecule has 0 aliphatic heterocycles. The molecule has 0 spiro atoms. The van der Waals surface area contributed by atoms with Crippen molar-refractivity contribution in [3.05, 3.63) is 17.5 Å². The highest BCUT2D eigenvalue weighted by Gasteiger charge is 2.21. The van der Waals surface area contributed by atoms with Crippen LogP contribution in [0.25, 0.3) is 0 Å². The average molecular weight is 277 g/mol. The molecule has 0 atom stereocenters.